The Hall–Kier alpha value is -0.350. The quantitative estimate of drug-likeness (QED) is 0.763. The Morgan fingerprint density at radius 2 is 2.33 bits per heavy atom. The number of hydrogen-bond donors (Lipinski definition) is 0. The summed E-state index contributed by atoms with van der Waals surface area (Å²) >= 11 is -2.20. The molecule has 2 unspecified atom stereocenters. The Morgan fingerprint density at radius 1 is 1.60 bits per heavy atom. The summed E-state index contributed by atoms with van der Waals surface area (Å²) < 4.78 is 36.8. The minimum absolute atomic E-state index is 0.300. The van der Waals surface area contributed by atoms with Gasteiger partial charge in [-0.3, -0.25) is 8.37 Å². The van der Waals surface area contributed by atoms with E-state index in [2.05, 4.69) is 8.58 Å². The summed E-state index contributed by atoms with van der Waals surface area (Å²) in [6.07, 6.45) is 1.53. The van der Waals surface area contributed by atoms with Crippen molar-refractivity contribution in [2.75, 3.05) is 13.7 Å². The maximum atomic E-state index is 11.3. The molecule has 1 heterocycles. The van der Waals surface area contributed by atoms with E-state index in [9.17, 15) is 8.42 Å². The van der Waals surface area contributed by atoms with Gasteiger partial charge in [0.05, 0.1) is 13.7 Å². The highest BCUT2D eigenvalue weighted by Gasteiger charge is 2.04. The van der Waals surface area contributed by atoms with Crippen LogP contribution in [0.3, 0.4) is 0 Å². The Labute approximate surface area is 96.2 Å². The van der Waals surface area contributed by atoms with Crippen LogP contribution in [-0.4, -0.2) is 26.1 Å². The summed E-state index contributed by atoms with van der Waals surface area (Å²) in [5.74, 6) is 0. The molecule has 1 aromatic rings. The van der Waals surface area contributed by atoms with Gasteiger partial charge in [-0.25, -0.2) is 12.4 Å². The maximum absolute atomic E-state index is 11.3. The van der Waals surface area contributed by atoms with Gasteiger partial charge in [0.2, 0.25) is 4.80 Å². The van der Waals surface area contributed by atoms with Gasteiger partial charge in [0.25, 0.3) is 22.5 Å². The Balaban J connectivity index is 2.99. The molecule has 0 amide bonds. The van der Waals surface area contributed by atoms with Gasteiger partial charge in [0, 0.05) is 11.6 Å². The molecule has 0 aliphatic carbocycles. The van der Waals surface area contributed by atoms with E-state index in [1.165, 1.54) is 28.6 Å². The summed E-state index contributed by atoms with van der Waals surface area (Å²) in [7, 11) is 1.31. The number of rotatable bonds is 5. The molecule has 0 aliphatic heterocycles. The van der Waals surface area contributed by atoms with Gasteiger partial charge in [0.1, 0.15) is 0 Å². The Bertz CT molecular complexity index is 424. The number of nitrogens with zero attached hydrogens (tertiary/aromatic N) is 2. The van der Waals surface area contributed by atoms with Gasteiger partial charge in [0.15, 0.2) is 0 Å². The van der Waals surface area contributed by atoms with Crippen LogP contribution in [-0.2, 0) is 30.9 Å². The van der Waals surface area contributed by atoms with Gasteiger partial charge >= 0.3 is 0 Å². The third-order valence-electron chi connectivity index (χ3n) is 1.23. The van der Waals surface area contributed by atoms with Gasteiger partial charge in [-0.05, 0) is 6.92 Å². The normalized spacial score (nSPS) is 16.5. The lowest BCUT2D eigenvalue weighted by atomic mass is 10.9. The van der Waals surface area contributed by atoms with E-state index in [1.54, 1.807) is 12.3 Å². The van der Waals surface area contributed by atoms with E-state index in [1.807, 2.05) is 0 Å². The number of hydrogen-bond acceptors (Lipinski definition) is 5. The second-order valence-electron chi connectivity index (χ2n) is 2.11. The second-order valence-corrected chi connectivity index (χ2v) is 5.00. The molecular formula is C6H10N2O4S3. The van der Waals surface area contributed by atoms with Crippen LogP contribution >= 0.6 is 11.3 Å². The summed E-state index contributed by atoms with van der Waals surface area (Å²) in [4.78, 5) is 0.321. The Morgan fingerprint density at radius 3 is 2.93 bits per heavy atom. The predicted octanol–water partition coefficient (Wildman–Crippen LogP) is 0.139. The Kier molecular flexibility index (Phi) is 5.32. The molecule has 15 heavy (non-hydrogen) atoms. The standard InChI is InChI=1S/C6H10N2O4S3/c1-3-12-14(9)7-6-8(4-5-13-6)15(10)11-2/h4-5H,3H2,1-2H3. The number of aromatic nitrogens is 1. The van der Waals surface area contributed by atoms with E-state index >= 15 is 0 Å². The molecule has 0 fully saturated rings. The van der Waals surface area contributed by atoms with Crippen molar-refractivity contribution in [2.45, 2.75) is 6.92 Å². The first-order valence-electron chi connectivity index (χ1n) is 3.91. The fraction of sp³-hybridized carbons (Fsp3) is 0.500. The summed E-state index contributed by atoms with van der Waals surface area (Å²) in [6.45, 7) is 2.01. The zero-order valence-corrected chi connectivity index (χ0v) is 10.6. The summed E-state index contributed by atoms with van der Waals surface area (Å²) in [6, 6.07) is 0. The highest BCUT2D eigenvalue weighted by atomic mass is 32.2. The van der Waals surface area contributed by atoms with Crippen molar-refractivity contribution in [3.8, 4) is 0 Å². The van der Waals surface area contributed by atoms with Crippen molar-refractivity contribution in [2.24, 2.45) is 4.40 Å². The summed E-state index contributed by atoms with van der Waals surface area (Å²) in [5, 5.41) is 1.67. The lowest BCUT2D eigenvalue weighted by Crippen LogP contribution is -2.19. The molecule has 2 atom stereocenters. The van der Waals surface area contributed by atoms with Gasteiger partial charge in [-0.15, -0.1) is 15.7 Å². The predicted molar refractivity (Wildman–Crippen MR) is 58.2 cm³/mol. The largest absolute Gasteiger partial charge is 0.287 e. The first-order valence-corrected chi connectivity index (χ1v) is 6.86. The molecule has 0 N–H and O–H groups in total. The molecule has 0 radical (unpaired) electrons. The monoisotopic (exact) mass is 270 g/mol. The fourth-order valence-electron chi connectivity index (χ4n) is 0.709. The molecule has 86 valence electrons. The third-order valence-corrected chi connectivity index (χ3v) is 3.88. The van der Waals surface area contributed by atoms with E-state index in [0.29, 0.717) is 11.4 Å². The second kappa shape index (κ2) is 6.28. The first kappa shape index (κ1) is 12.7. The van der Waals surface area contributed by atoms with Crippen LogP contribution in [0, 0.1) is 0 Å². The molecule has 1 aromatic heterocycles. The van der Waals surface area contributed by atoms with Crippen molar-refractivity contribution in [1.29, 1.82) is 0 Å². The SMILES string of the molecule is CCOS(=O)N=c1sccn1S(=O)OC. The molecule has 0 saturated carbocycles. The lowest BCUT2D eigenvalue weighted by molar-refractivity contribution is 0.372. The highest BCUT2D eigenvalue weighted by Crippen LogP contribution is 1.95. The molecule has 9 heteroatoms. The van der Waals surface area contributed by atoms with E-state index in [0.717, 1.165) is 0 Å². The minimum Gasteiger partial charge on any atom is -0.277 e. The third kappa shape index (κ3) is 3.61. The highest BCUT2D eigenvalue weighted by molar-refractivity contribution is 7.79. The van der Waals surface area contributed by atoms with E-state index in [-0.39, 0.29) is 0 Å². The van der Waals surface area contributed by atoms with Gasteiger partial charge < -0.3 is 0 Å². The molecule has 0 spiro atoms. The molecule has 0 bridgehead atoms. The average molecular weight is 270 g/mol. The molecule has 0 aliphatic rings. The van der Waals surface area contributed by atoms with Crippen molar-refractivity contribution < 1.29 is 16.8 Å². The van der Waals surface area contributed by atoms with E-state index < -0.39 is 22.5 Å². The lowest BCUT2D eigenvalue weighted by Gasteiger charge is -1.97. The van der Waals surface area contributed by atoms with Crippen molar-refractivity contribution in [1.82, 2.24) is 3.97 Å². The van der Waals surface area contributed by atoms with Crippen LogP contribution in [0.5, 0.6) is 0 Å². The molecule has 1 rings (SSSR count). The van der Waals surface area contributed by atoms with Crippen LogP contribution in [0.15, 0.2) is 16.0 Å². The van der Waals surface area contributed by atoms with Crippen molar-refractivity contribution in [3.63, 3.8) is 0 Å². The van der Waals surface area contributed by atoms with Crippen molar-refractivity contribution >= 4 is 33.9 Å². The van der Waals surface area contributed by atoms with E-state index in [4.69, 9.17) is 4.18 Å². The van der Waals surface area contributed by atoms with Gasteiger partial charge in [-0.1, -0.05) is 0 Å². The minimum atomic E-state index is -1.75. The van der Waals surface area contributed by atoms with Crippen molar-refractivity contribution in [3.05, 3.63) is 16.4 Å². The molecule has 0 saturated heterocycles. The zero-order chi connectivity index (χ0) is 11.3. The van der Waals surface area contributed by atoms with Gasteiger partial charge in [-0.2, -0.15) is 0 Å². The average Bonchev–Trinajstić information content (AvgIpc) is 2.65. The van der Waals surface area contributed by atoms with Crippen LogP contribution in [0.1, 0.15) is 6.92 Å². The smallest absolute Gasteiger partial charge is 0.277 e. The van der Waals surface area contributed by atoms with Crippen LogP contribution < -0.4 is 4.80 Å². The molecule has 6 nitrogen and oxygen atoms in total. The van der Waals surface area contributed by atoms with Crippen LogP contribution in [0.25, 0.3) is 0 Å². The fourth-order valence-corrected chi connectivity index (χ4v) is 2.93. The summed E-state index contributed by atoms with van der Waals surface area (Å²) in [5.41, 5.74) is 0. The number of thiazole rings is 1. The zero-order valence-electron chi connectivity index (χ0n) is 8.11. The molecule has 0 aromatic carbocycles. The molecular weight excluding hydrogens is 260 g/mol. The van der Waals surface area contributed by atoms with Crippen LogP contribution in [0.2, 0.25) is 0 Å². The van der Waals surface area contributed by atoms with Crippen LogP contribution in [0.4, 0.5) is 0 Å². The topological polar surface area (TPSA) is 69.9 Å². The first-order chi connectivity index (χ1) is 7.19. The maximum Gasteiger partial charge on any atom is 0.287 e.